The minimum atomic E-state index is 0. The summed E-state index contributed by atoms with van der Waals surface area (Å²) in [6.07, 6.45) is 2.37. The smallest absolute Gasteiger partial charge is 0.261 e. The van der Waals surface area contributed by atoms with Gasteiger partial charge in [0, 0.05) is 11.6 Å². The van der Waals surface area contributed by atoms with Crippen LogP contribution in [0.4, 0.5) is 0 Å². The van der Waals surface area contributed by atoms with E-state index in [1.807, 2.05) is 24.3 Å². The molecule has 3 aliphatic heterocycles. The first kappa shape index (κ1) is 18.0. The molecule has 6 heteroatoms. The lowest BCUT2D eigenvalue weighted by Crippen LogP contribution is -2.69. The first-order valence-corrected chi connectivity index (χ1v) is 9.40. The molecule has 3 aliphatic rings. The predicted molar refractivity (Wildman–Crippen MR) is 104 cm³/mol. The van der Waals surface area contributed by atoms with Crippen LogP contribution in [0.5, 0.6) is 0 Å². The highest BCUT2D eigenvalue weighted by molar-refractivity contribution is 7.21. The second-order valence-corrected chi connectivity index (χ2v) is 8.66. The first-order valence-electron chi connectivity index (χ1n) is 8.21. The lowest BCUT2D eigenvalue weighted by atomic mass is 9.72. The normalized spacial score (nSPS) is 27.7. The van der Waals surface area contributed by atoms with Gasteiger partial charge in [0.05, 0.1) is 14.6 Å². The lowest BCUT2D eigenvalue weighted by molar-refractivity contribution is -0.0377. The molecule has 5 rings (SSSR count). The summed E-state index contributed by atoms with van der Waals surface area (Å²) < 4.78 is 0.993. The number of rotatable bonds is 2. The molecule has 1 aromatic heterocycles. The van der Waals surface area contributed by atoms with Crippen molar-refractivity contribution >= 4 is 51.3 Å². The summed E-state index contributed by atoms with van der Waals surface area (Å²) in [6.45, 7) is 6.82. The van der Waals surface area contributed by atoms with Crippen molar-refractivity contribution in [2.45, 2.75) is 38.3 Å². The Kier molecular flexibility index (Phi) is 4.86. The van der Waals surface area contributed by atoms with Crippen molar-refractivity contribution in [3.63, 3.8) is 0 Å². The van der Waals surface area contributed by atoms with Crippen LogP contribution >= 0.6 is 35.3 Å². The molecule has 1 amide bonds. The van der Waals surface area contributed by atoms with Crippen LogP contribution < -0.4 is 5.32 Å². The van der Waals surface area contributed by atoms with Crippen molar-refractivity contribution in [2.24, 2.45) is 5.92 Å². The number of carbonyl (C=O) groups excluding carboxylic acids is 1. The summed E-state index contributed by atoms with van der Waals surface area (Å²) in [4.78, 5) is 16.1. The molecule has 2 aromatic rings. The summed E-state index contributed by atoms with van der Waals surface area (Å²) in [5.74, 6) is 0.631. The summed E-state index contributed by atoms with van der Waals surface area (Å²) in [6, 6.07) is 7.98. The number of carbonyl (C=O) groups is 1. The number of hydrogen-bond donors (Lipinski definition) is 1. The maximum Gasteiger partial charge on any atom is 0.261 e. The summed E-state index contributed by atoms with van der Waals surface area (Å²) in [7, 11) is 0. The highest BCUT2D eigenvalue weighted by atomic mass is 35.5. The zero-order valence-corrected chi connectivity index (χ0v) is 16.2. The van der Waals surface area contributed by atoms with Gasteiger partial charge in [0.1, 0.15) is 0 Å². The topological polar surface area (TPSA) is 32.3 Å². The van der Waals surface area contributed by atoms with Crippen LogP contribution in [0.3, 0.4) is 0 Å². The zero-order chi connectivity index (χ0) is 16.2. The Morgan fingerprint density at radius 3 is 2.67 bits per heavy atom. The second-order valence-electron chi connectivity index (χ2n) is 7.20. The van der Waals surface area contributed by atoms with Crippen LogP contribution in [0, 0.1) is 5.92 Å². The average Bonchev–Trinajstić information content (AvgIpc) is 2.97. The van der Waals surface area contributed by atoms with E-state index < -0.39 is 0 Å². The first-order chi connectivity index (χ1) is 11.0. The number of benzene rings is 1. The summed E-state index contributed by atoms with van der Waals surface area (Å²) in [5, 5.41) is 5.08. The number of amides is 1. The van der Waals surface area contributed by atoms with Crippen molar-refractivity contribution in [2.75, 3.05) is 13.1 Å². The standard InChI is InChI=1S/C18H21ClN2OS.ClH/c1-18(2)16(11-6-8-21(18)9-7-11)20-17(22)14-10-12-4-3-5-13(19)15(12)23-14;/h3-5,10-11,16H,6-9H2,1-2H3,(H,20,22);1H. The van der Waals surface area contributed by atoms with Crippen molar-refractivity contribution in [1.29, 1.82) is 0 Å². The Labute approximate surface area is 157 Å². The predicted octanol–water partition coefficient (Wildman–Crippen LogP) is 4.58. The van der Waals surface area contributed by atoms with E-state index in [1.54, 1.807) is 0 Å². The van der Waals surface area contributed by atoms with Crippen LogP contribution in [0.25, 0.3) is 10.1 Å². The number of piperidine rings is 3. The van der Waals surface area contributed by atoms with E-state index in [-0.39, 0.29) is 29.9 Å². The zero-order valence-electron chi connectivity index (χ0n) is 13.8. The minimum absolute atomic E-state index is 0. The van der Waals surface area contributed by atoms with E-state index in [0.717, 1.165) is 33.1 Å². The highest BCUT2D eigenvalue weighted by Gasteiger charge is 2.48. The fourth-order valence-corrected chi connectivity index (χ4v) is 5.49. The Morgan fingerprint density at radius 1 is 1.33 bits per heavy atom. The van der Waals surface area contributed by atoms with Gasteiger partial charge in [-0.2, -0.15) is 0 Å². The van der Waals surface area contributed by atoms with Gasteiger partial charge in [-0.15, -0.1) is 23.7 Å². The van der Waals surface area contributed by atoms with Gasteiger partial charge in [-0.25, -0.2) is 0 Å². The fourth-order valence-electron chi connectivity index (χ4n) is 4.23. The third kappa shape index (κ3) is 2.84. The molecular formula is C18H22Cl2N2OS. The van der Waals surface area contributed by atoms with Crippen molar-refractivity contribution in [1.82, 2.24) is 10.2 Å². The molecular weight excluding hydrogens is 363 g/mol. The van der Waals surface area contributed by atoms with Gasteiger partial charge >= 0.3 is 0 Å². The van der Waals surface area contributed by atoms with E-state index in [2.05, 4.69) is 24.1 Å². The van der Waals surface area contributed by atoms with Crippen LogP contribution in [-0.2, 0) is 0 Å². The number of hydrogen-bond acceptors (Lipinski definition) is 3. The maximum absolute atomic E-state index is 12.8. The monoisotopic (exact) mass is 384 g/mol. The molecule has 24 heavy (non-hydrogen) atoms. The average molecular weight is 385 g/mol. The highest BCUT2D eigenvalue weighted by Crippen LogP contribution is 2.39. The number of halogens is 2. The second kappa shape index (κ2) is 6.49. The van der Waals surface area contributed by atoms with E-state index >= 15 is 0 Å². The van der Waals surface area contributed by atoms with Crippen molar-refractivity contribution < 1.29 is 4.79 Å². The molecule has 4 heterocycles. The number of fused-ring (bicyclic) bond motifs is 4. The molecule has 3 fully saturated rings. The van der Waals surface area contributed by atoms with Crippen LogP contribution in [-0.4, -0.2) is 35.5 Å². The SMILES string of the molecule is CC1(C)C(NC(=O)c2cc3cccc(Cl)c3s2)C2CCN1CC2.Cl. The Morgan fingerprint density at radius 2 is 2.04 bits per heavy atom. The van der Waals surface area contributed by atoms with Gasteiger partial charge in [-0.1, -0.05) is 23.7 Å². The number of thiophene rings is 1. The molecule has 0 radical (unpaired) electrons. The van der Waals surface area contributed by atoms with Gasteiger partial charge in [0.2, 0.25) is 0 Å². The number of nitrogens with zero attached hydrogens (tertiary/aromatic N) is 1. The molecule has 1 atom stereocenters. The molecule has 0 aliphatic carbocycles. The van der Waals surface area contributed by atoms with Crippen LogP contribution in [0.1, 0.15) is 36.4 Å². The quantitative estimate of drug-likeness (QED) is 0.821. The minimum Gasteiger partial charge on any atom is -0.346 e. The molecule has 0 saturated carbocycles. The van der Waals surface area contributed by atoms with Gasteiger partial charge in [-0.05, 0) is 63.2 Å². The van der Waals surface area contributed by atoms with Gasteiger partial charge < -0.3 is 5.32 Å². The lowest BCUT2D eigenvalue weighted by Gasteiger charge is -2.56. The van der Waals surface area contributed by atoms with Gasteiger partial charge in [0.25, 0.3) is 5.91 Å². The Balaban J connectivity index is 0.00000169. The maximum atomic E-state index is 12.8. The molecule has 0 spiro atoms. The summed E-state index contributed by atoms with van der Waals surface area (Å²) in [5.41, 5.74) is 0.0329. The van der Waals surface area contributed by atoms with E-state index in [0.29, 0.717) is 5.92 Å². The van der Waals surface area contributed by atoms with Crippen LogP contribution in [0.2, 0.25) is 5.02 Å². The fraction of sp³-hybridized carbons (Fsp3) is 0.500. The largest absolute Gasteiger partial charge is 0.346 e. The van der Waals surface area contributed by atoms with Crippen LogP contribution in [0.15, 0.2) is 24.3 Å². The Bertz CT molecular complexity index is 765. The van der Waals surface area contributed by atoms with Crippen molar-refractivity contribution in [3.05, 3.63) is 34.2 Å². The molecule has 130 valence electrons. The van der Waals surface area contributed by atoms with E-state index in [4.69, 9.17) is 11.6 Å². The van der Waals surface area contributed by atoms with E-state index in [9.17, 15) is 4.79 Å². The van der Waals surface area contributed by atoms with Gasteiger partial charge in [0.15, 0.2) is 0 Å². The van der Waals surface area contributed by atoms with Gasteiger partial charge in [-0.3, -0.25) is 9.69 Å². The molecule has 2 bridgehead atoms. The third-order valence-corrected chi connectivity index (χ3v) is 7.20. The Hall–Kier alpha value is -0.810. The van der Waals surface area contributed by atoms with Crippen molar-refractivity contribution in [3.8, 4) is 0 Å². The third-order valence-electron chi connectivity index (χ3n) is 5.59. The van der Waals surface area contributed by atoms with E-state index in [1.165, 1.54) is 24.2 Å². The molecule has 3 saturated heterocycles. The molecule has 3 nitrogen and oxygen atoms in total. The molecule has 1 N–H and O–H groups in total. The molecule has 1 unspecified atom stereocenters. The summed E-state index contributed by atoms with van der Waals surface area (Å²) >= 11 is 7.72. The molecule has 1 aromatic carbocycles. The number of nitrogens with one attached hydrogen (secondary N) is 1.